The Morgan fingerprint density at radius 1 is 1.31 bits per heavy atom. The van der Waals surface area contributed by atoms with Crippen LogP contribution in [0.1, 0.15) is 0 Å². The van der Waals surface area contributed by atoms with Crippen molar-refractivity contribution in [3.8, 4) is 0 Å². The van der Waals surface area contributed by atoms with Crippen molar-refractivity contribution in [2.45, 2.75) is 11.3 Å². The number of rotatable bonds is 7. The van der Waals surface area contributed by atoms with Crippen molar-refractivity contribution >= 4 is 11.6 Å². The standard InChI is InChI=1S/C7H18ClN3O2/c1-9-7(10-2,11-3)5-13-4-6(8)12/h6,9-12H,4-5H2,1-3H3. The van der Waals surface area contributed by atoms with Crippen molar-refractivity contribution in [3.05, 3.63) is 0 Å². The van der Waals surface area contributed by atoms with Gasteiger partial charge < -0.3 is 9.84 Å². The molecule has 0 saturated carbocycles. The van der Waals surface area contributed by atoms with E-state index in [1.165, 1.54) is 0 Å². The molecule has 0 aliphatic heterocycles. The zero-order chi connectivity index (χ0) is 10.3. The van der Waals surface area contributed by atoms with E-state index in [0.717, 1.165) is 0 Å². The molecule has 0 aliphatic rings. The maximum absolute atomic E-state index is 8.75. The Morgan fingerprint density at radius 3 is 2.08 bits per heavy atom. The van der Waals surface area contributed by atoms with Gasteiger partial charge in [0.05, 0.1) is 13.2 Å². The third kappa shape index (κ3) is 4.75. The average molecular weight is 212 g/mol. The number of likely N-dealkylation sites (N-methyl/N-ethyl adjacent to an activating group) is 3. The van der Waals surface area contributed by atoms with E-state index in [-0.39, 0.29) is 6.61 Å². The van der Waals surface area contributed by atoms with Crippen molar-refractivity contribution < 1.29 is 9.84 Å². The molecular formula is C7H18ClN3O2. The highest BCUT2D eigenvalue weighted by atomic mass is 35.5. The highest BCUT2D eigenvalue weighted by molar-refractivity contribution is 6.19. The summed E-state index contributed by atoms with van der Waals surface area (Å²) in [5, 5.41) is 17.8. The molecule has 0 aromatic rings. The number of aliphatic hydroxyl groups excluding tert-OH is 1. The average Bonchev–Trinajstić information content (AvgIpc) is 2.13. The summed E-state index contributed by atoms with van der Waals surface area (Å²) in [6.07, 6.45) is 0. The van der Waals surface area contributed by atoms with Crippen LogP contribution in [0.4, 0.5) is 0 Å². The minimum atomic E-state index is -0.955. The Bertz CT molecular complexity index is 123. The summed E-state index contributed by atoms with van der Waals surface area (Å²) in [7, 11) is 5.40. The van der Waals surface area contributed by atoms with Crippen LogP contribution >= 0.6 is 11.6 Å². The van der Waals surface area contributed by atoms with Gasteiger partial charge in [0.1, 0.15) is 5.79 Å². The number of hydrogen-bond donors (Lipinski definition) is 4. The van der Waals surface area contributed by atoms with Crippen LogP contribution in [0.5, 0.6) is 0 Å². The fourth-order valence-electron chi connectivity index (χ4n) is 0.901. The van der Waals surface area contributed by atoms with Crippen LogP contribution in [-0.2, 0) is 4.74 Å². The lowest BCUT2D eigenvalue weighted by molar-refractivity contribution is 0.0163. The number of alkyl halides is 1. The predicted molar refractivity (Wildman–Crippen MR) is 52.6 cm³/mol. The minimum Gasteiger partial charge on any atom is -0.375 e. The molecule has 0 rings (SSSR count). The Morgan fingerprint density at radius 2 is 1.77 bits per heavy atom. The van der Waals surface area contributed by atoms with Gasteiger partial charge in [-0.1, -0.05) is 11.6 Å². The Kier molecular flexibility index (Phi) is 6.58. The lowest BCUT2D eigenvalue weighted by Gasteiger charge is -2.32. The Hall–Kier alpha value is 0.0900. The van der Waals surface area contributed by atoms with Crippen LogP contribution in [0.25, 0.3) is 0 Å². The number of halogens is 1. The molecule has 5 nitrogen and oxygen atoms in total. The van der Waals surface area contributed by atoms with E-state index >= 15 is 0 Å². The zero-order valence-electron chi connectivity index (χ0n) is 8.22. The van der Waals surface area contributed by atoms with E-state index in [9.17, 15) is 0 Å². The number of nitrogens with one attached hydrogen (secondary N) is 3. The second-order valence-electron chi connectivity index (χ2n) is 2.60. The highest BCUT2D eigenvalue weighted by Crippen LogP contribution is 1.96. The lowest BCUT2D eigenvalue weighted by Crippen LogP contribution is -2.66. The molecule has 0 aliphatic carbocycles. The smallest absolute Gasteiger partial charge is 0.151 e. The van der Waals surface area contributed by atoms with Crippen molar-refractivity contribution in [2.75, 3.05) is 34.4 Å². The minimum absolute atomic E-state index is 0.106. The summed E-state index contributed by atoms with van der Waals surface area (Å²) in [6.45, 7) is 0.467. The molecule has 0 fully saturated rings. The molecule has 0 heterocycles. The molecule has 0 aromatic heterocycles. The second kappa shape index (κ2) is 6.53. The molecular weight excluding hydrogens is 194 g/mol. The van der Waals surface area contributed by atoms with Crippen molar-refractivity contribution in [3.63, 3.8) is 0 Å². The first-order chi connectivity index (χ1) is 6.10. The Labute approximate surface area is 83.8 Å². The molecule has 0 bridgehead atoms. The number of hydrogen-bond acceptors (Lipinski definition) is 5. The Balaban J connectivity index is 3.81. The van der Waals surface area contributed by atoms with Gasteiger partial charge in [-0.3, -0.25) is 16.0 Å². The molecule has 0 saturated heterocycles. The van der Waals surface area contributed by atoms with Gasteiger partial charge in [-0.2, -0.15) is 0 Å². The maximum Gasteiger partial charge on any atom is 0.151 e. The molecule has 4 N–H and O–H groups in total. The normalized spacial score (nSPS) is 14.5. The monoisotopic (exact) mass is 211 g/mol. The third-order valence-corrected chi connectivity index (χ3v) is 1.98. The summed E-state index contributed by atoms with van der Waals surface area (Å²) in [5.74, 6) is -0.480. The molecule has 13 heavy (non-hydrogen) atoms. The topological polar surface area (TPSA) is 65.5 Å². The van der Waals surface area contributed by atoms with Gasteiger partial charge in [-0.25, -0.2) is 0 Å². The van der Waals surface area contributed by atoms with Gasteiger partial charge in [0.2, 0.25) is 0 Å². The van der Waals surface area contributed by atoms with E-state index in [1.54, 1.807) is 21.1 Å². The zero-order valence-corrected chi connectivity index (χ0v) is 8.98. The van der Waals surface area contributed by atoms with Gasteiger partial charge in [-0.15, -0.1) is 0 Å². The predicted octanol–water partition coefficient (Wildman–Crippen LogP) is -1.13. The molecule has 1 unspecified atom stereocenters. The molecule has 0 aromatic carbocycles. The maximum atomic E-state index is 8.75. The SMILES string of the molecule is CNC(COCC(O)Cl)(NC)NC. The van der Waals surface area contributed by atoms with Gasteiger partial charge in [0.25, 0.3) is 0 Å². The van der Waals surface area contributed by atoms with Crippen molar-refractivity contribution in [2.24, 2.45) is 0 Å². The van der Waals surface area contributed by atoms with E-state index < -0.39 is 11.3 Å². The van der Waals surface area contributed by atoms with Crippen molar-refractivity contribution in [1.29, 1.82) is 0 Å². The summed E-state index contributed by atoms with van der Waals surface area (Å²) in [6, 6.07) is 0. The summed E-state index contributed by atoms with van der Waals surface area (Å²) in [4.78, 5) is 0. The van der Waals surface area contributed by atoms with Gasteiger partial charge in [0, 0.05) is 0 Å². The van der Waals surface area contributed by atoms with Crippen LogP contribution in [0.2, 0.25) is 0 Å². The molecule has 80 valence electrons. The van der Waals surface area contributed by atoms with E-state index in [2.05, 4.69) is 16.0 Å². The van der Waals surface area contributed by atoms with Gasteiger partial charge >= 0.3 is 0 Å². The number of ether oxygens (including phenoxy) is 1. The second-order valence-corrected chi connectivity index (χ2v) is 3.11. The van der Waals surface area contributed by atoms with Crippen LogP contribution in [-0.4, -0.2) is 50.8 Å². The summed E-state index contributed by atoms with van der Waals surface area (Å²) in [5.41, 5.74) is -0.955. The molecule has 0 radical (unpaired) electrons. The number of aliphatic hydroxyl groups is 1. The van der Waals surface area contributed by atoms with Crippen LogP contribution < -0.4 is 16.0 Å². The van der Waals surface area contributed by atoms with E-state index in [0.29, 0.717) is 6.61 Å². The molecule has 0 spiro atoms. The molecule has 1 atom stereocenters. The van der Waals surface area contributed by atoms with Gasteiger partial charge in [0.15, 0.2) is 5.56 Å². The fourth-order valence-corrected chi connectivity index (χ4v) is 0.990. The first-order valence-electron chi connectivity index (χ1n) is 4.07. The van der Waals surface area contributed by atoms with Crippen molar-refractivity contribution in [1.82, 2.24) is 16.0 Å². The largest absolute Gasteiger partial charge is 0.375 e. The summed E-state index contributed by atoms with van der Waals surface area (Å²) >= 11 is 5.31. The highest BCUT2D eigenvalue weighted by Gasteiger charge is 2.23. The van der Waals surface area contributed by atoms with Crippen LogP contribution in [0.3, 0.4) is 0 Å². The van der Waals surface area contributed by atoms with E-state index in [4.69, 9.17) is 21.4 Å². The van der Waals surface area contributed by atoms with Crippen LogP contribution in [0.15, 0.2) is 0 Å². The first-order valence-corrected chi connectivity index (χ1v) is 4.50. The molecule has 0 amide bonds. The molecule has 6 heteroatoms. The van der Waals surface area contributed by atoms with E-state index in [1.807, 2.05) is 0 Å². The fraction of sp³-hybridized carbons (Fsp3) is 1.00. The first kappa shape index (κ1) is 13.1. The summed E-state index contributed by atoms with van der Waals surface area (Å²) < 4.78 is 5.16. The third-order valence-electron chi connectivity index (χ3n) is 1.85. The van der Waals surface area contributed by atoms with Gasteiger partial charge in [-0.05, 0) is 21.1 Å². The van der Waals surface area contributed by atoms with Crippen LogP contribution in [0, 0.1) is 0 Å². The lowest BCUT2D eigenvalue weighted by atomic mass is 10.3. The quantitative estimate of drug-likeness (QED) is 0.317.